The van der Waals surface area contributed by atoms with Crippen molar-refractivity contribution >= 4 is 16.9 Å². The molecule has 0 bridgehead atoms. The highest BCUT2D eigenvalue weighted by molar-refractivity contribution is 5.94. The molecule has 0 atom stereocenters. The molecular formula is C25H31FN4O. The van der Waals surface area contributed by atoms with Crippen LogP contribution >= 0.6 is 0 Å². The van der Waals surface area contributed by atoms with Gasteiger partial charge in [0.15, 0.2) is 0 Å². The molecule has 1 saturated heterocycles. The summed E-state index contributed by atoms with van der Waals surface area (Å²) in [7, 11) is 1.80. The Bertz CT molecular complexity index is 1080. The lowest BCUT2D eigenvalue weighted by atomic mass is 10.0. The molecule has 0 spiro atoms. The quantitative estimate of drug-likeness (QED) is 0.609. The van der Waals surface area contributed by atoms with Crippen LogP contribution in [0.5, 0.6) is 0 Å². The Hall–Kier alpha value is -2.73. The van der Waals surface area contributed by atoms with E-state index >= 15 is 0 Å². The fraction of sp³-hybridized carbons (Fsp3) is 0.440. The van der Waals surface area contributed by atoms with E-state index in [1.54, 1.807) is 18.0 Å². The predicted octanol–water partition coefficient (Wildman–Crippen LogP) is 4.48. The van der Waals surface area contributed by atoms with E-state index in [1.807, 2.05) is 37.3 Å². The molecule has 4 rings (SSSR count). The van der Waals surface area contributed by atoms with Crippen LogP contribution in [0.25, 0.3) is 11.0 Å². The number of hydrogen-bond acceptors (Lipinski definition) is 3. The van der Waals surface area contributed by atoms with Crippen molar-refractivity contribution in [2.45, 2.75) is 52.2 Å². The van der Waals surface area contributed by atoms with Crippen LogP contribution in [0.1, 0.15) is 48.4 Å². The number of fused-ring (bicyclic) bond motifs is 1. The van der Waals surface area contributed by atoms with Crippen LogP contribution in [-0.2, 0) is 6.54 Å². The van der Waals surface area contributed by atoms with E-state index in [2.05, 4.69) is 28.3 Å². The number of carbonyl (C=O) groups excluding carboxylic acids is 1. The number of halogens is 1. The maximum atomic E-state index is 15.0. The minimum atomic E-state index is -0.462. The lowest BCUT2D eigenvalue weighted by Gasteiger charge is -2.38. The Labute approximate surface area is 183 Å². The molecule has 1 aliphatic heterocycles. The molecule has 2 heterocycles. The summed E-state index contributed by atoms with van der Waals surface area (Å²) < 4.78 is 17.0. The van der Waals surface area contributed by atoms with E-state index in [9.17, 15) is 9.18 Å². The van der Waals surface area contributed by atoms with Crippen molar-refractivity contribution in [3.05, 3.63) is 65.2 Å². The first-order valence-electron chi connectivity index (χ1n) is 11.1. The van der Waals surface area contributed by atoms with Gasteiger partial charge in [-0.3, -0.25) is 4.79 Å². The summed E-state index contributed by atoms with van der Waals surface area (Å²) >= 11 is 0. The number of amides is 1. The fourth-order valence-corrected chi connectivity index (χ4v) is 4.55. The summed E-state index contributed by atoms with van der Waals surface area (Å²) in [6.07, 6.45) is 1.85. The van der Waals surface area contributed by atoms with Gasteiger partial charge >= 0.3 is 0 Å². The number of nitrogens with zero attached hydrogens (tertiary/aromatic N) is 4. The molecular weight excluding hydrogens is 391 g/mol. The molecule has 0 N–H and O–H groups in total. The van der Waals surface area contributed by atoms with Crippen molar-refractivity contribution in [2.24, 2.45) is 0 Å². The van der Waals surface area contributed by atoms with E-state index in [0.717, 1.165) is 48.4 Å². The van der Waals surface area contributed by atoms with Gasteiger partial charge in [-0.2, -0.15) is 0 Å². The van der Waals surface area contributed by atoms with Crippen molar-refractivity contribution in [2.75, 3.05) is 20.1 Å². The van der Waals surface area contributed by atoms with Gasteiger partial charge in [0.1, 0.15) is 11.6 Å². The number of carbonyl (C=O) groups is 1. The Morgan fingerprint density at radius 1 is 1.19 bits per heavy atom. The van der Waals surface area contributed by atoms with Gasteiger partial charge in [-0.1, -0.05) is 18.2 Å². The molecule has 31 heavy (non-hydrogen) atoms. The molecule has 164 valence electrons. The van der Waals surface area contributed by atoms with Crippen LogP contribution in [0.2, 0.25) is 0 Å². The molecule has 1 aromatic heterocycles. The molecule has 0 radical (unpaired) electrons. The first kappa shape index (κ1) is 21.5. The fourth-order valence-electron chi connectivity index (χ4n) is 4.55. The first-order chi connectivity index (χ1) is 14.8. The largest absolute Gasteiger partial charge is 0.339 e. The monoisotopic (exact) mass is 422 g/mol. The highest BCUT2D eigenvalue weighted by atomic mass is 19.1. The second kappa shape index (κ2) is 8.79. The standard InChI is InChI=1S/C25H31FN4O/c1-17(2)29-13-11-20(12-14-29)28(4)25(31)21-10-9-19(15-22(21)26)16-30-18(3)27-23-7-5-6-8-24(23)30/h5-10,15,17,20H,11-14,16H2,1-4H3. The van der Waals surface area contributed by atoms with Crippen LogP contribution in [-0.4, -0.2) is 57.5 Å². The number of para-hydroxylation sites is 2. The zero-order chi connectivity index (χ0) is 22.1. The number of aromatic nitrogens is 2. The number of likely N-dealkylation sites (tertiary alicyclic amines) is 1. The van der Waals surface area contributed by atoms with Crippen LogP contribution in [0, 0.1) is 12.7 Å². The summed E-state index contributed by atoms with van der Waals surface area (Å²) in [5.41, 5.74) is 2.91. The molecule has 0 saturated carbocycles. The Morgan fingerprint density at radius 2 is 1.90 bits per heavy atom. The molecule has 6 heteroatoms. The van der Waals surface area contributed by atoms with Gasteiger partial charge in [0.2, 0.25) is 0 Å². The van der Waals surface area contributed by atoms with Gasteiger partial charge in [-0.15, -0.1) is 0 Å². The van der Waals surface area contributed by atoms with Gasteiger partial charge in [0, 0.05) is 38.8 Å². The smallest absolute Gasteiger partial charge is 0.256 e. The number of piperidine rings is 1. The molecule has 2 aromatic carbocycles. The number of benzene rings is 2. The summed E-state index contributed by atoms with van der Waals surface area (Å²) in [5.74, 6) is 0.182. The Morgan fingerprint density at radius 3 is 2.58 bits per heavy atom. The van der Waals surface area contributed by atoms with Crippen molar-refractivity contribution in [1.29, 1.82) is 0 Å². The van der Waals surface area contributed by atoms with Gasteiger partial charge < -0.3 is 14.4 Å². The average molecular weight is 423 g/mol. The minimum absolute atomic E-state index is 0.143. The predicted molar refractivity (Wildman–Crippen MR) is 122 cm³/mol. The second-order valence-corrected chi connectivity index (χ2v) is 8.83. The average Bonchev–Trinajstić information content (AvgIpc) is 3.08. The Kier molecular flexibility index (Phi) is 6.10. The van der Waals surface area contributed by atoms with E-state index in [1.165, 1.54) is 6.07 Å². The number of imidazole rings is 1. The van der Waals surface area contributed by atoms with E-state index in [0.29, 0.717) is 12.6 Å². The third-order valence-corrected chi connectivity index (χ3v) is 6.55. The van der Waals surface area contributed by atoms with Crippen LogP contribution in [0.15, 0.2) is 42.5 Å². The maximum Gasteiger partial charge on any atom is 0.256 e. The Balaban J connectivity index is 1.48. The number of rotatable bonds is 5. The summed E-state index contributed by atoms with van der Waals surface area (Å²) in [5, 5.41) is 0. The van der Waals surface area contributed by atoms with Crippen LogP contribution in [0.3, 0.4) is 0 Å². The van der Waals surface area contributed by atoms with E-state index < -0.39 is 5.82 Å². The van der Waals surface area contributed by atoms with Crippen molar-refractivity contribution < 1.29 is 9.18 Å². The van der Waals surface area contributed by atoms with Gasteiger partial charge in [0.05, 0.1) is 16.6 Å². The highest BCUT2D eigenvalue weighted by Gasteiger charge is 2.28. The molecule has 3 aromatic rings. The summed E-state index contributed by atoms with van der Waals surface area (Å²) in [6.45, 7) is 8.80. The summed E-state index contributed by atoms with van der Waals surface area (Å²) in [4.78, 5) is 21.7. The first-order valence-corrected chi connectivity index (χ1v) is 11.1. The topological polar surface area (TPSA) is 41.4 Å². The zero-order valence-electron chi connectivity index (χ0n) is 18.8. The molecule has 1 aliphatic rings. The maximum absolute atomic E-state index is 15.0. The molecule has 0 aliphatic carbocycles. The molecule has 1 amide bonds. The molecule has 5 nitrogen and oxygen atoms in total. The lowest BCUT2D eigenvalue weighted by molar-refractivity contribution is 0.0611. The normalized spacial score (nSPS) is 15.7. The summed E-state index contributed by atoms with van der Waals surface area (Å²) in [6, 6.07) is 13.6. The van der Waals surface area contributed by atoms with E-state index in [-0.39, 0.29) is 17.5 Å². The highest BCUT2D eigenvalue weighted by Crippen LogP contribution is 2.22. The van der Waals surface area contributed by atoms with Gasteiger partial charge in [0.25, 0.3) is 5.91 Å². The molecule has 0 unspecified atom stereocenters. The van der Waals surface area contributed by atoms with Crippen molar-refractivity contribution in [3.63, 3.8) is 0 Å². The van der Waals surface area contributed by atoms with Gasteiger partial charge in [-0.05, 0) is 63.4 Å². The zero-order valence-corrected chi connectivity index (χ0v) is 18.8. The van der Waals surface area contributed by atoms with Crippen LogP contribution in [0.4, 0.5) is 4.39 Å². The van der Waals surface area contributed by atoms with Crippen LogP contribution < -0.4 is 0 Å². The second-order valence-electron chi connectivity index (χ2n) is 8.83. The third kappa shape index (κ3) is 4.35. The lowest BCUT2D eigenvalue weighted by Crippen LogP contribution is -2.47. The minimum Gasteiger partial charge on any atom is -0.339 e. The van der Waals surface area contributed by atoms with Crippen molar-refractivity contribution in [3.8, 4) is 0 Å². The number of aryl methyl sites for hydroxylation is 1. The molecule has 1 fully saturated rings. The number of hydrogen-bond donors (Lipinski definition) is 0. The third-order valence-electron chi connectivity index (χ3n) is 6.55. The van der Waals surface area contributed by atoms with E-state index in [4.69, 9.17) is 0 Å². The van der Waals surface area contributed by atoms with Crippen molar-refractivity contribution in [1.82, 2.24) is 19.4 Å². The van der Waals surface area contributed by atoms with Gasteiger partial charge in [-0.25, -0.2) is 9.37 Å². The SMILES string of the molecule is Cc1nc2ccccc2n1Cc1ccc(C(=O)N(C)C2CCN(C(C)C)CC2)c(F)c1.